The number of esters is 2. The monoisotopic (exact) mass is 436 g/mol. The Bertz CT molecular complexity index is 919. The Labute approximate surface area is 167 Å². The van der Waals surface area contributed by atoms with Gasteiger partial charge in [0.1, 0.15) is 6.61 Å². The minimum Gasteiger partial charge on any atom is -0.467 e. The van der Waals surface area contributed by atoms with Crippen LogP contribution >= 0.6 is 11.6 Å². The maximum absolute atomic E-state index is 13.9. The molecule has 0 aliphatic heterocycles. The van der Waals surface area contributed by atoms with Crippen molar-refractivity contribution in [1.82, 2.24) is 9.55 Å². The van der Waals surface area contributed by atoms with Crippen molar-refractivity contribution in [2.24, 2.45) is 7.05 Å². The molecular formula is C17H16ClF3N2O6. The molecule has 12 heteroatoms. The highest BCUT2D eigenvalue weighted by molar-refractivity contribution is 6.30. The van der Waals surface area contributed by atoms with Crippen LogP contribution in [0.4, 0.5) is 13.2 Å². The van der Waals surface area contributed by atoms with Crippen molar-refractivity contribution in [3.05, 3.63) is 53.1 Å². The van der Waals surface area contributed by atoms with Gasteiger partial charge in [-0.2, -0.15) is 13.2 Å². The van der Waals surface area contributed by atoms with E-state index in [-0.39, 0.29) is 10.6 Å². The van der Waals surface area contributed by atoms with Gasteiger partial charge in [-0.15, -0.1) is 0 Å². The molecule has 158 valence electrons. The number of hydrogen-bond acceptors (Lipinski definition) is 7. The second-order valence-electron chi connectivity index (χ2n) is 6.01. The lowest BCUT2D eigenvalue weighted by atomic mass is 9.81. The summed E-state index contributed by atoms with van der Waals surface area (Å²) in [6.07, 6.45) is -3.64. The topological polar surface area (TPSA) is 111 Å². The van der Waals surface area contributed by atoms with Crippen molar-refractivity contribution < 1.29 is 42.4 Å². The highest BCUT2D eigenvalue weighted by Gasteiger charge is 2.73. The molecule has 0 saturated carbocycles. The Morgan fingerprint density at radius 2 is 1.93 bits per heavy atom. The molecule has 1 aromatic carbocycles. The van der Waals surface area contributed by atoms with E-state index >= 15 is 0 Å². The van der Waals surface area contributed by atoms with Crippen LogP contribution in [-0.4, -0.2) is 57.2 Å². The van der Waals surface area contributed by atoms with Crippen molar-refractivity contribution in [3.8, 4) is 0 Å². The van der Waals surface area contributed by atoms with E-state index < -0.39 is 41.7 Å². The third kappa shape index (κ3) is 3.93. The normalized spacial score (nSPS) is 15.9. The van der Waals surface area contributed by atoms with Gasteiger partial charge in [0.15, 0.2) is 5.82 Å². The van der Waals surface area contributed by atoms with Gasteiger partial charge < -0.3 is 24.3 Å². The van der Waals surface area contributed by atoms with Crippen LogP contribution < -0.4 is 0 Å². The Balaban J connectivity index is 2.51. The van der Waals surface area contributed by atoms with Gasteiger partial charge in [-0.05, 0) is 18.2 Å². The highest BCUT2D eigenvalue weighted by Crippen LogP contribution is 2.46. The van der Waals surface area contributed by atoms with Crippen molar-refractivity contribution >= 4 is 23.5 Å². The number of halogens is 4. The van der Waals surface area contributed by atoms with Crippen LogP contribution in [0.25, 0.3) is 0 Å². The predicted molar refractivity (Wildman–Crippen MR) is 91.9 cm³/mol. The fourth-order valence-electron chi connectivity index (χ4n) is 2.61. The molecule has 8 nitrogen and oxygen atoms in total. The van der Waals surface area contributed by atoms with E-state index in [2.05, 4.69) is 9.72 Å². The molecule has 2 rings (SSSR count). The zero-order valence-corrected chi connectivity index (χ0v) is 15.9. The van der Waals surface area contributed by atoms with Crippen molar-refractivity contribution in [3.63, 3.8) is 0 Å². The molecule has 0 aliphatic carbocycles. The van der Waals surface area contributed by atoms with Crippen LogP contribution in [0.2, 0.25) is 5.02 Å². The van der Waals surface area contributed by atoms with Crippen LogP contribution in [0, 0.1) is 0 Å². The van der Waals surface area contributed by atoms with Crippen molar-refractivity contribution in [2.75, 3.05) is 13.7 Å². The molecule has 2 N–H and O–H groups in total. The lowest BCUT2D eigenvalue weighted by Gasteiger charge is -2.40. The fourth-order valence-corrected chi connectivity index (χ4v) is 2.80. The van der Waals surface area contributed by atoms with Gasteiger partial charge in [0.05, 0.1) is 12.7 Å². The van der Waals surface area contributed by atoms with Crippen LogP contribution in [-0.2, 0) is 26.9 Å². The second kappa shape index (κ2) is 8.01. The Morgan fingerprint density at radius 1 is 1.28 bits per heavy atom. The van der Waals surface area contributed by atoms with Gasteiger partial charge in [-0.3, -0.25) is 0 Å². The van der Waals surface area contributed by atoms with Gasteiger partial charge in [0, 0.05) is 24.5 Å². The molecule has 0 spiro atoms. The number of aliphatic hydroxyl groups is 2. The Morgan fingerprint density at radius 3 is 2.41 bits per heavy atom. The van der Waals surface area contributed by atoms with E-state index in [1.807, 2.05) is 0 Å². The maximum Gasteiger partial charge on any atom is 0.428 e. The number of imidazole rings is 1. The van der Waals surface area contributed by atoms with Crippen LogP contribution in [0.5, 0.6) is 0 Å². The van der Waals surface area contributed by atoms with E-state index in [1.165, 1.54) is 18.2 Å². The molecular weight excluding hydrogens is 421 g/mol. The molecule has 29 heavy (non-hydrogen) atoms. The molecule has 1 aromatic heterocycles. The largest absolute Gasteiger partial charge is 0.467 e. The summed E-state index contributed by atoms with van der Waals surface area (Å²) in [6.45, 7) is -1.59. The molecule has 0 amide bonds. The number of hydrogen-bond donors (Lipinski definition) is 2. The Hall–Kier alpha value is -2.63. The first-order chi connectivity index (χ1) is 13.4. The number of benzene rings is 1. The number of rotatable bonds is 6. The SMILES string of the molecule is COC(=O)[C@@](O)(COC(=O)c1cccc(Cl)c1)[C@@](O)(c1nccn1C)C(F)(F)F. The molecule has 0 unspecified atom stereocenters. The first-order valence-electron chi connectivity index (χ1n) is 7.89. The van der Waals surface area contributed by atoms with E-state index in [9.17, 15) is 33.0 Å². The second-order valence-corrected chi connectivity index (χ2v) is 6.44. The smallest absolute Gasteiger partial charge is 0.428 e. The zero-order valence-electron chi connectivity index (χ0n) is 15.1. The van der Waals surface area contributed by atoms with Gasteiger partial charge in [0.25, 0.3) is 5.60 Å². The summed E-state index contributed by atoms with van der Waals surface area (Å²) >= 11 is 5.74. The lowest BCUT2D eigenvalue weighted by molar-refractivity contribution is -0.330. The lowest BCUT2D eigenvalue weighted by Crippen LogP contribution is -2.67. The molecule has 0 fully saturated rings. The van der Waals surface area contributed by atoms with Crippen LogP contribution in [0.1, 0.15) is 16.2 Å². The first kappa shape index (κ1) is 22.7. The number of nitrogens with zero attached hydrogens (tertiary/aromatic N) is 2. The van der Waals surface area contributed by atoms with E-state index in [0.29, 0.717) is 7.11 Å². The zero-order chi connectivity index (χ0) is 22.0. The number of alkyl halides is 3. The number of carbonyl (C=O) groups excluding carboxylic acids is 2. The number of aryl methyl sites for hydroxylation is 1. The summed E-state index contributed by atoms with van der Waals surface area (Å²) in [4.78, 5) is 27.7. The number of carbonyl (C=O) groups is 2. The van der Waals surface area contributed by atoms with Crippen molar-refractivity contribution in [2.45, 2.75) is 17.4 Å². The predicted octanol–water partition coefficient (Wildman–Crippen LogP) is 1.58. The summed E-state index contributed by atoms with van der Waals surface area (Å²) in [6, 6.07) is 5.23. The van der Waals surface area contributed by atoms with Gasteiger partial charge in [0.2, 0.25) is 5.60 Å². The third-order valence-electron chi connectivity index (χ3n) is 4.15. The highest BCUT2D eigenvalue weighted by atomic mass is 35.5. The molecule has 0 aliphatic rings. The molecule has 2 atom stereocenters. The summed E-state index contributed by atoms with van der Waals surface area (Å²) < 4.78 is 51.4. The van der Waals surface area contributed by atoms with E-state index in [0.717, 1.165) is 30.1 Å². The molecule has 0 saturated heterocycles. The minimum absolute atomic E-state index is 0.141. The Kier molecular flexibility index (Phi) is 6.26. The molecule has 1 heterocycles. The molecule has 0 bridgehead atoms. The van der Waals surface area contributed by atoms with E-state index in [1.54, 1.807) is 0 Å². The van der Waals surface area contributed by atoms with Crippen LogP contribution in [0.3, 0.4) is 0 Å². The van der Waals surface area contributed by atoms with Gasteiger partial charge >= 0.3 is 18.1 Å². The minimum atomic E-state index is -5.61. The maximum atomic E-state index is 13.9. The van der Waals surface area contributed by atoms with Gasteiger partial charge in [-0.1, -0.05) is 17.7 Å². The molecule has 2 aromatic rings. The van der Waals surface area contributed by atoms with Gasteiger partial charge in [-0.25, -0.2) is 14.6 Å². The number of ether oxygens (including phenoxy) is 2. The first-order valence-corrected chi connectivity index (χ1v) is 8.26. The number of methoxy groups -OCH3 is 1. The average Bonchev–Trinajstić information content (AvgIpc) is 3.09. The summed E-state index contributed by atoms with van der Waals surface area (Å²) in [5, 5.41) is 21.4. The van der Waals surface area contributed by atoms with Crippen molar-refractivity contribution in [1.29, 1.82) is 0 Å². The van der Waals surface area contributed by atoms with E-state index in [4.69, 9.17) is 16.3 Å². The third-order valence-corrected chi connectivity index (χ3v) is 4.38. The summed E-state index contributed by atoms with van der Waals surface area (Å²) in [5.74, 6) is -4.20. The quantitative estimate of drug-likeness (QED) is 0.661. The summed E-state index contributed by atoms with van der Waals surface area (Å²) in [7, 11) is 1.80. The van der Waals surface area contributed by atoms with Crippen LogP contribution in [0.15, 0.2) is 36.7 Å². The molecule has 0 radical (unpaired) electrons. The fraction of sp³-hybridized carbons (Fsp3) is 0.353. The average molecular weight is 437 g/mol. The summed E-state index contributed by atoms with van der Waals surface area (Å²) in [5.41, 5.74) is -8.19. The number of aromatic nitrogens is 2. The standard InChI is InChI=1S/C17H16ClF3N2O6/c1-23-7-6-22-13(23)16(27,17(19,20)21)15(26,14(25)28-2)9-29-12(24)10-4-3-5-11(18)8-10/h3-8,26-27H,9H2,1-2H3/t15-,16-/m0/s1.